The monoisotopic (exact) mass is 448 g/mol. The Bertz CT molecular complexity index is 1050. The van der Waals surface area contributed by atoms with Gasteiger partial charge in [-0.3, -0.25) is 18.9 Å². The minimum absolute atomic E-state index is 0.115. The molecule has 1 aliphatic rings. The number of hydrogen-bond donors (Lipinski definition) is 2. The van der Waals surface area contributed by atoms with Crippen LogP contribution in [0.2, 0.25) is 0 Å². The van der Waals surface area contributed by atoms with E-state index in [1.54, 1.807) is 12.3 Å². The van der Waals surface area contributed by atoms with Gasteiger partial charge in [0, 0.05) is 32.5 Å². The summed E-state index contributed by atoms with van der Waals surface area (Å²) in [6.07, 6.45) is 3.85. The Kier molecular flexibility index (Phi) is 7.59. The second-order valence-electron chi connectivity index (χ2n) is 6.60. The fourth-order valence-electron chi connectivity index (χ4n) is 3.04. The van der Waals surface area contributed by atoms with Crippen LogP contribution in [-0.2, 0) is 9.53 Å². The predicted octanol–water partition coefficient (Wildman–Crippen LogP) is 2.03. The molecule has 0 radical (unpaired) electrons. The van der Waals surface area contributed by atoms with Gasteiger partial charge in [0.15, 0.2) is 0 Å². The van der Waals surface area contributed by atoms with Crippen LogP contribution in [0.4, 0.5) is 5.82 Å². The number of anilines is 1. The van der Waals surface area contributed by atoms with Crippen molar-refractivity contribution in [2.75, 3.05) is 38.2 Å². The number of carbonyl (C=O) groups is 1. The van der Waals surface area contributed by atoms with Crippen molar-refractivity contribution in [3.05, 3.63) is 44.7 Å². The number of hydrogen-bond acceptors (Lipinski definition) is 8. The summed E-state index contributed by atoms with van der Waals surface area (Å²) in [5.74, 6) is 0.0910. The maximum atomic E-state index is 13.2. The summed E-state index contributed by atoms with van der Waals surface area (Å²) in [4.78, 5) is 32.5. The highest BCUT2D eigenvalue weighted by atomic mass is 32.2. The van der Waals surface area contributed by atoms with Crippen molar-refractivity contribution in [3.63, 3.8) is 0 Å². The molecule has 10 heteroatoms. The van der Waals surface area contributed by atoms with Crippen LogP contribution in [0, 0.1) is 6.92 Å². The van der Waals surface area contributed by atoms with E-state index in [1.165, 1.54) is 27.1 Å². The lowest BCUT2D eigenvalue weighted by Gasteiger charge is -2.14. The average Bonchev–Trinajstić information content (AvgIpc) is 2.99. The first kappa shape index (κ1) is 22.4. The molecule has 1 saturated heterocycles. The Morgan fingerprint density at radius 3 is 2.93 bits per heavy atom. The van der Waals surface area contributed by atoms with Crippen LogP contribution in [-0.4, -0.2) is 62.5 Å². The van der Waals surface area contributed by atoms with Crippen LogP contribution in [0.15, 0.2) is 28.0 Å². The highest BCUT2D eigenvalue weighted by Crippen LogP contribution is 2.33. The molecule has 8 nitrogen and oxygen atoms in total. The van der Waals surface area contributed by atoms with Crippen molar-refractivity contribution in [1.82, 2.24) is 14.3 Å². The molecule has 0 bridgehead atoms. The van der Waals surface area contributed by atoms with Crippen molar-refractivity contribution in [1.29, 1.82) is 0 Å². The predicted molar refractivity (Wildman–Crippen MR) is 123 cm³/mol. The quantitative estimate of drug-likeness (QED) is 0.342. The number of rotatable bonds is 9. The zero-order chi connectivity index (χ0) is 21.7. The van der Waals surface area contributed by atoms with Crippen LogP contribution in [0.3, 0.4) is 0 Å². The number of aliphatic hydroxyl groups excluding tert-OH is 1. The fourth-order valence-corrected chi connectivity index (χ4v) is 4.33. The van der Waals surface area contributed by atoms with E-state index in [0.29, 0.717) is 46.9 Å². The summed E-state index contributed by atoms with van der Waals surface area (Å²) in [5.41, 5.74) is 1.31. The molecule has 0 atom stereocenters. The van der Waals surface area contributed by atoms with E-state index in [1.807, 2.05) is 19.9 Å². The number of nitrogens with zero attached hydrogens (tertiary/aromatic N) is 3. The molecule has 2 aromatic heterocycles. The Labute approximate surface area is 183 Å². The van der Waals surface area contributed by atoms with Gasteiger partial charge in [-0.1, -0.05) is 30.0 Å². The van der Waals surface area contributed by atoms with Crippen molar-refractivity contribution in [2.45, 2.75) is 20.3 Å². The van der Waals surface area contributed by atoms with Gasteiger partial charge in [-0.25, -0.2) is 4.98 Å². The minimum Gasteiger partial charge on any atom is -0.395 e. The molecule has 30 heavy (non-hydrogen) atoms. The van der Waals surface area contributed by atoms with Gasteiger partial charge < -0.3 is 15.2 Å². The Morgan fingerprint density at radius 2 is 2.20 bits per heavy atom. The molecule has 0 spiro atoms. The third-order valence-electron chi connectivity index (χ3n) is 4.51. The van der Waals surface area contributed by atoms with Crippen LogP contribution in [0.25, 0.3) is 11.7 Å². The van der Waals surface area contributed by atoms with Gasteiger partial charge in [-0.15, -0.1) is 0 Å². The minimum atomic E-state index is -0.300. The second kappa shape index (κ2) is 10.2. The van der Waals surface area contributed by atoms with Gasteiger partial charge in [0.1, 0.15) is 15.8 Å². The first-order valence-electron chi connectivity index (χ1n) is 9.67. The molecule has 0 unspecified atom stereocenters. The molecular formula is C20H24N4O4S2. The normalized spacial score (nSPS) is 15.6. The third-order valence-corrected chi connectivity index (χ3v) is 5.89. The number of aromatic nitrogens is 2. The standard InChI is InChI=1S/C20H24N4O4S2/c1-3-28-11-5-9-24-19(27)15(30-20(24)29)12-14-16(21-7-10-25)22-17-13(2)6-4-8-23(17)18(14)26/h4,6,8,12,21,25H,3,5,7,9-11H2,1-2H3/b15-12-. The fraction of sp³-hybridized carbons (Fsp3) is 0.400. The van der Waals surface area contributed by atoms with E-state index in [2.05, 4.69) is 10.3 Å². The number of pyridine rings is 1. The van der Waals surface area contributed by atoms with Crippen molar-refractivity contribution in [2.24, 2.45) is 0 Å². The van der Waals surface area contributed by atoms with Gasteiger partial charge in [0.25, 0.3) is 11.5 Å². The summed E-state index contributed by atoms with van der Waals surface area (Å²) in [6.45, 7) is 5.54. The number of aliphatic hydroxyl groups is 1. The lowest BCUT2D eigenvalue weighted by molar-refractivity contribution is -0.122. The number of thioether (sulfide) groups is 1. The summed E-state index contributed by atoms with van der Waals surface area (Å²) < 4.78 is 7.23. The number of fused-ring (bicyclic) bond motifs is 1. The maximum Gasteiger partial charge on any atom is 0.267 e. The van der Waals surface area contributed by atoms with E-state index < -0.39 is 0 Å². The van der Waals surface area contributed by atoms with Gasteiger partial charge in [-0.2, -0.15) is 0 Å². The number of thiocarbonyl (C=S) groups is 1. The topological polar surface area (TPSA) is 96.2 Å². The molecule has 3 heterocycles. The molecule has 160 valence electrons. The molecule has 0 saturated carbocycles. The molecule has 0 aromatic carbocycles. The summed E-state index contributed by atoms with van der Waals surface area (Å²) in [5, 5.41) is 12.2. The van der Waals surface area contributed by atoms with Crippen LogP contribution >= 0.6 is 24.0 Å². The van der Waals surface area contributed by atoms with Crippen LogP contribution in [0.5, 0.6) is 0 Å². The highest BCUT2D eigenvalue weighted by Gasteiger charge is 2.32. The molecule has 1 amide bonds. The molecular weight excluding hydrogens is 424 g/mol. The Hall–Kier alpha value is -2.27. The third kappa shape index (κ3) is 4.72. The van der Waals surface area contributed by atoms with E-state index in [9.17, 15) is 14.7 Å². The van der Waals surface area contributed by atoms with E-state index >= 15 is 0 Å². The number of ether oxygens (including phenoxy) is 1. The van der Waals surface area contributed by atoms with Gasteiger partial charge in [-0.05, 0) is 38.0 Å². The number of nitrogens with one attached hydrogen (secondary N) is 1. The van der Waals surface area contributed by atoms with Crippen LogP contribution in [0.1, 0.15) is 24.5 Å². The van der Waals surface area contributed by atoms with Gasteiger partial charge in [0.2, 0.25) is 0 Å². The molecule has 0 aliphatic carbocycles. The first-order chi connectivity index (χ1) is 14.5. The second-order valence-corrected chi connectivity index (χ2v) is 8.27. The number of aryl methyl sites for hydroxylation is 1. The van der Waals surface area contributed by atoms with Crippen molar-refractivity contribution >= 4 is 51.7 Å². The lowest BCUT2D eigenvalue weighted by Crippen LogP contribution is -2.29. The zero-order valence-electron chi connectivity index (χ0n) is 16.9. The molecule has 1 fully saturated rings. The van der Waals surface area contributed by atoms with E-state index in [-0.39, 0.29) is 30.2 Å². The van der Waals surface area contributed by atoms with Crippen molar-refractivity contribution in [3.8, 4) is 0 Å². The maximum absolute atomic E-state index is 13.2. The molecule has 2 aromatic rings. The Balaban J connectivity index is 1.98. The lowest BCUT2D eigenvalue weighted by atomic mass is 10.2. The van der Waals surface area contributed by atoms with Gasteiger partial charge in [0.05, 0.1) is 17.1 Å². The smallest absolute Gasteiger partial charge is 0.267 e. The molecule has 2 N–H and O–H groups in total. The molecule has 1 aliphatic heterocycles. The van der Waals surface area contributed by atoms with E-state index in [0.717, 1.165) is 5.56 Å². The largest absolute Gasteiger partial charge is 0.395 e. The Morgan fingerprint density at radius 1 is 1.40 bits per heavy atom. The van der Waals surface area contributed by atoms with Gasteiger partial charge >= 0.3 is 0 Å². The average molecular weight is 449 g/mol. The summed E-state index contributed by atoms with van der Waals surface area (Å²) >= 11 is 6.52. The van der Waals surface area contributed by atoms with E-state index in [4.69, 9.17) is 17.0 Å². The zero-order valence-corrected chi connectivity index (χ0v) is 18.5. The SMILES string of the molecule is CCOCCCN1C(=O)/C(=C/c2c(NCCO)nc3c(C)cccn3c2=O)SC1=S. The molecule has 3 rings (SSSR count). The first-order valence-corrected chi connectivity index (χ1v) is 10.9. The van der Waals surface area contributed by atoms with Crippen LogP contribution < -0.4 is 10.9 Å². The van der Waals surface area contributed by atoms with Crippen molar-refractivity contribution < 1.29 is 14.6 Å². The number of amides is 1. The summed E-state index contributed by atoms with van der Waals surface area (Å²) in [7, 11) is 0. The number of carbonyl (C=O) groups excluding carboxylic acids is 1. The summed E-state index contributed by atoms with van der Waals surface area (Å²) in [6, 6.07) is 3.64. The highest BCUT2D eigenvalue weighted by molar-refractivity contribution is 8.26.